The number of benzene rings is 4. The van der Waals surface area contributed by atoms with Crippen LogP contribution < -0.4 is 0 Å². The Labute approximate surface area is 161 Å². The molecule has 4 rings (SSSR count). The van der Waals surface area contributed by atoms with Crippen molar-refractivity contribution in [1.82, 2.24) is 0 Å². The summed E-state index contributed by atoms with van der Waals surface area (Å²) >= 11 is 4.76. The van der Waals surface area contributed by atoms with Gasteiger partial charge in [0, 0.05) is 5.25 Å². The summed E-state index contributed by atoms with van der Waals surface area (Å²) in [5, 5.41) is 5.66. The third kappa shape index (κ3) is 3.37. The molecule has 4 aromatic rings. The maximum absolute atomic E-state index is 4.76. The predicted molar refractivity (Wildman–Crippen MR) is 118 cm³/mol. The minimum Gasteiger partial charge on any atom is -0.176 e. The summed E-state index contributed by atoms with van der Waals surface area (Å²) < 4.78 is 0. The Morgan fingerprint density at radius 3 is 2.08 bits per heavy atom. The molecule has 0 aromatic heterocycles. The van der Waals surface area contributed by atoms with Gasteiger partial charge < -0.3 is 0 Å². The summed E-state index contributed by atoms with van der Waals surface area (Å²) in [6, 6.07) is 28.7. The highest BCUT2D eigenvalue weighted by atomic mass is 32.1. The maximum Gasteiger partial charge on any atom is 0.00571 e. The average molecular weight is 357 g/mol. The highest BCUT2D eigenvalue weighted by Crippen LogP contribution is 2.36. The second-order valence-corrected chi connectivity index (χ2v) is 7.77. The van der Waals surface area contributed by atoms with Gasteiger partial charge in [-0.2, -0.15) is 12.6 Å². The third-order valence-corrected chi connectivity index (χ3v) is 5.52. The van der Waals surface area contributed by atoms with Crippen molar-refractivity contribution < 1.29 is 0 Å². The first kappa shape index (κ1) is 17.2. The number of hydrogen-bond acceptors (Lipinski definition) is 1. The Kier molecular flexibility index (Phi) is 4.99. The molecule has 0 heterocycles. The summed E-state index contributed by atoms with van der Waals surface area (Å²) in [5.74, 6) is 0. The molecule has 0 saturated carbocycles. The minimum absolute atomic E-state index is 0.430. The van der Waals surface area contributed by atoms with Crippen LogP contribution in [0.5, 0.6) is 0 Å². The fourth-order valence-corrected chi connectivity index (χ4v) is 4.35. The highest BCUT2D eigenvalue weighted by Gasteiger charge is 2.11. The van der Waals surface area contributed by atoms with Gasteiger partial charge in [0.1, 0.15) is 0 Å². The normalized spacial score (nSPS) is 12.5. The summed E-state index contributed by atoms with van der Waals surface area (Å²) in [4.78, 5) is 0. The maximum atomic E-state index is 4.76. The zero-order valence-corrected chi connectivity index (χ0v) is 16.0. The van der Waals surface area contributed by atoms with Gasteiger partial charge >= 0.3 is 0 Å². The van der Waals surface area contributed by atoms with Crippen LogP contribution >= 0.6 is 12.6 Å². The van der Waals surface area contributed by atoms with E-state index in [0.717, 1.165) is 12.8 Å². The van der Waals surface area contributed by atoms with Crippen LogP contribution in [-0.2, 0) is 6.42 Å². The Bertz CT molecular complexity index is 994. The van der Waals surface area contributed by atoms with Crippen molar-refractivity contribution in [2.75, 3.05) is 0 Å². The zero-order chi connectivity index (χ0) is 17.9. The SMILES string of the molecule is CCCC(S)Cc1cccc(-c2c3ccccc3cc3ccccc23)c1. The molecule has 0 aliphatic rings. The molecule has 1 heteroatoms. The van der Waals surface area contributed by atoms with Crippen molar-refractivity contribution >= 4 is 34.2 Å². The highest BCUT2D eigenvalue weighted by molar-refractivity contribution is 7.80. The molecule has 0 amide bonds. The molecule has 130 valence electrons. The summed E-state index contributed by atoms with van der Waals surface area (Å²) in [6.45, 7) is 2.22. The van der Waals surface area contributed by atoms with Crippen molar-refractivity contribution in [3.8, 4) is 11.1 Å². The van der Waals surface area contributed by atoms with Crippen LogP contribution in [0.1, 0.15) is 25.3 Å². The molecule has 0 radical (unpaired) electrons. The molecule has 0 bridgehead atoms. The quantitative estimate of drug-likeness (QED) is 0.281. The van der Waals surface area contributed by atoms with E-state index < -0.39 is 0 Å². The standard InChI is InChI=1S/C25H24S/c1-2-8-22(26)16-18-9-7-12-21(15-18)25-23-13-5-3-10-19(23)17-20-11-4-6-14-24(20)25/h3-7,9-15,17,22,26H,2,8,16H2,1H3. The van der Waals surface area contributed by atoms with Gasteiger partial charge in [-0.3, -0.25) is 0 Å². The van der Waals surface area contributed by atoms with Crippen LogP contribution in [-0.4, -0.2) is 5.25 Å². The average Bonchev–Trinajstić information content (AvgIpc) is 2.66. The molecule has 0 N–H and O–H groups in total. The van der Waals surface area contributed by atoms with E-state index >= 15 is 0 Å². The van der Waals surface area contributed by atoms with E-state index in [9.17, 15) is 0 Å². The van der Waals surface area contributed by atoms with E-state index in [2.05, 4.69) is 85.8 Å². The van der Waals surface area contributed by atoms with E-state index in [1.165, 1.54) is 44.7 Å². The van der Waals surface area contributed by atoms with Gasteiger partial charge in [-0.15, -0.1) is 0 Å². The van der Waals surface area contributed by atoms with Crippen LogP contribution in [0.25, 0.3) is 32.7 Å². The van der Waals surface area contributed by atoms with Crippen LogP contribution in [0.3, 0.4) is 0 Å². The molecule has 1 atom stereocenters. The van der Waals surface area contributed by atoms with E-state index in [1.807, 2.05) is 0 Å². The predicted octanol–water partition coefficient (Wildman–Crippen LogP) is 7.30. The lowest BCUT2D eigenvalue weighted by Gasteiger charge is -2.14. The van der Waals surface area contributed by atoms with Crippen LogP contribution in [0.4, 0.5) is 0 Å². The molecule has 0 aliphatic heterocycles. The third-order valence-electron chi connectivity index (χ3n) is 5.08. The summed E-state index contributed by atoms with van der Waals surface area (Å²) in [7, 11) is 0. The lowest BCUT2D eigenvalue weighted by Crippen LogP contribution is -2.02. The van der Waals surface area contributed by atoms with Gasteiger partial charge in [0.15, 0.2) is 0 Å². The van der Waals surface area contributed by atoms with Crippen molar-refractivity contribution in [3.63, 3.8) is 0 Å². The van der Waals surface area contributed by atoms with Gasteiger partial charge in [0.05, 0.1) is 0 Å². The summed E-state index contributed by atoms with van der Waals surface area (Å²) in [5.41, 5.74) is 4.01. The van der Waals surface area contributed by atoms with Gasteiger partial charge in [0.2, 0.25) is 0 Å². The van der Waals surface area contributed by atoms with E-state index in [1.54, 1.807) is 0 Å². The molecule has 4 aromatic carbocycles. The van der Waals surface area contributed by atoms with Gasteiger partial charge in [-0.25, -0.2) is 0 Å². The van der Waals surface area contributed by atoms with Gasteiger partial charge in [-0.05, 0) is 57.1 Å². The Balaban J connectivity index is 1.90. The fraction of sp³-hybridized carbons (Fsp3) is 0.200. The molecule has 1 unspecified atom stereocenters. The van der Waals surface area contributed by atoms with E-state index in [-0.39, 0.29) is 0 Å². The zero-order valence-electron chi connectivity index (χ0n) is 15.2. The first-order chi connectivity index (χ1) is 12.8. The molecular weight excluding hydrogens is 332 g/mol. The monoisotopic (exact) mass is 356 g/mol. The van der Waals surface area contributed by atoms with Crippen molar-refractivity contribution in [2.45, 2.75) is 31.4 Å². The smallest absolute Gasteiger partial charge is 0.00571 e. The number of thiol groups is 1. The molecule has 0 aliphatic carbocycles. The lowest BCUT2D eigenvalue weighted by molar-refractivity contribution is 0.739. The molecule has 0 fully saturated rings. The van der Waals surface area contributed by atoms with Crippen LogP contribution in [0, 0.1) is 0 Å². The minimum atomic E-state index is 0.430. The van der Waals surface area contributed by atoms with E-state index in [4.69, 9.17) is 12.6 Å². The van der Waals surface area contributed by atoms with Crippen LogP contribution in [0.2, 0.25) is 0 Å². The summed E-state index contributed by atoms with van der Waals surface area (Å²) in [6.07, 6.45) is 3.36. The second kappa shape index (κ2) is 7.55. The number of fused-ring (bicyclic) bond motifs is 2. The first-order valence-corrected chi connectivity index (χ1v) is 9.96. The number of rotatable bonds is 5. The van der Waals surface area contributed by atoms with E-state index in [0.29, 0.717) is 5.25 Å². The molecular formula is C25H24S. The van der Waals surface area contributed by atoms with Crippen molar-refractivity contribution in [3.05, 3.63) is 84.4 Å². The molecule has 0 saturated heterocycles. The van der Waals surface area contributed by atoms with Gasteiger partial charge in [0.25, 0.3) is 0 Å². The second-order valence-electron chi connectivity index (χ2n) is 7.04. The van der Waals surface area contributed by atoms with Crippen LogP contribution in [0.15, 0.2) is 78.9 Å². The Morgan fingerprint density at radius 2 is 1.42 bits per heavy atom. The lowest BCUT2D eigenvalue weighted by atomic mass is 9.91. The largest absolute Gasteiger partial charge is 0.176 e. The molecule has 0 spiro atoms. The number of hydrogen-bond donors (Lipinski definition) is 1. The van der Waals surface area contributed by atoms with Crippen molar-refractivity contribution in [2.24, 2.45) is 0 Å². The van der Waals surface area contributed by atoms with Crippen molar-refractivity contribution in [1.29, 1.82) is 0 Å². The van der Waals surface area contributed by atoms with Gasteiger partial charge in [-0.1, -0.05) is 86.1 Å². The molecule has 26 heavy (non-hydrogen) atoms. The fourth-order valence-electron chi connectivity index (χ4n) is 3.89. The first-order valence-electron chi connectivity index (χ1n) is 9.44. The Morgan fingerprint density at radius 1 is 0.769 bits per heavy atom. The topological polar surface area (TPSA) is 0 Å². The molecule has 0 nitrogen and oxygen atoms in total. The Hall–Kier alpha value is -2.25.